The maximum Gasteiger partial charge on any atom is 0.416 e. The van der Waals surface area contributed by atoms with Crippen molar-refractivity contribution in [1.29, 1.82) is 0 Å². The summed E-state index contributed by atoms with van der Waals surface area (Å²) in [6.45, 7) is 3.53. The largest absolute Gasteiger partial charge is 0.416 e. The van der Waals surface area contributed by atoms with Crippen LogP contribution in [0.25, 0.3) is 0 Å². The lowest BCUT2D eigenvalue weighted by molar-refractivity contribution is -0.137. The number of hydrogen-bond donors (Lipinski definition) is 2. The van der Waals surface area contributed by atoms with Gasteiger partial charge in [0.2, 0.25) is 15.9 Å². The Morgan fingerprint density at radius 2 is 1.62 bits per heavy atom. The lowest BCUT2D eigenvalue weighted by Crippen LogP contribution is -2.27. The number of amides is 1. The predicted molar refractivity (Wildman–Crippen MR) is 105 cm³/mol. The van der Waals surface area contributed by atoms with Crippen LogP contribution in [0.1, 0.15) is 5.56 Å². The molecule has 2 N–H and O–H groups in total. The Labute approximate surface area is 167 Å². The number of anilines is 2. The van der Waals surface area contributed by atoms with Crippen LogP contribution in [0, 0.1) is 0 Å². The first-order valence-corrected chi connectivity index (χ1v) is 9.86. The number of likely N-dealkylation sites (N-methyl/N-ethyl adjacent to an activating group) is 1. The zero-order chi connectivity index (χ0) is 21.7. The van der Waals surface area contributed by atoms with E-state index in [4.69, 9.17) is 0 Å². The average Bonchev–Trinajstić information content (AvgIpc) is 2.66. The number of benzene rings is 2. The number of sulfonamides is 1. The molecule has 0 saturated carbocycles. The van der Waals surface area contributed by atoms with Gasteiger partial charge in [-0.3, -0.25) is 4.79 Å². The summed E-state index contributed by atoms with van der Waals surface area (Å²) in [6.07, 6.45) is -2.97. The van der Waals surface area contributed by atoms with Gasteiger partial charge in [0.05, 0.1) is 17.0 Å². The molecule has 6 nitrogen and oxygen atoms in total. The highest BCUT2D eigenvalue weighted by molar-refractivity contribution is 7.89. The number of nitrogens with one attached hydrogen (secondary N) is 2. The van der Waals surface area contributed by atoms with Crippen LogP contribution in [0.15, 0.2) is 66.1 Å². The molecule has 0 atom stereocenters. The van der Waals surface area contributed by atoms with Gasteiger partial charge in [-0.1, -0.05) is 6.08 Å². The number of halogens is 3. The molecule has 0 unspecified atom stereocenters. The first-order valence-electron chi connectivity index (χ1n) is 8.42. The van der Waals surface area contributed by atoms with Gasteiger partial charge >= 0.3 is 6.18 Å². The lowest BCUT2D eigenvalue weighted by atomic mass is 10.2. The Morgan fingerprint density at radius 1 is 1.07 bits per heavy atom. The van der Waals surface area contributed by atoms with Crippen molar-refractivity contribution < 1.29 is 26.4 Å². The van der Waals surface area contributed by atoms with E-state index in [1.165, 1.54) is 49.5 Å². The van der Waals surface area contributed by atoms with E-state index in [-0.39, 0.29) is 23.7 Å². The van der Waals surface area contributed by atoms with Crippen molar-refractivity contribution >= 4 is 27.3 Å². The number of hydrogen-bond acceptors (Lipinski definition) is 4. The highest BCUT2D eigenvalue weighted by Gasteiger charge is 2.30. The zero-order valence-corrected chi connectivity index (χ0v) is 16.3. The monoisotopic (exact) mass is 427 g/mol. The van der Waals surface area contributed by atoms with Crippen LogP contribution in [0.3, 0.4) is 0 Å². The molecule has 0 saturated heterocycles. The van der Waals surface area contributed by atoms with Crippen LogP contribution in [0.2, 0.25) is 0 Å². The minimum atomic E-state index is -4.44. The maximum absolute atomic E-state index is 12.5. The standard InChI is InChI=1S/C19H20F3N3O3S/c1-3-12-25(2)29(27,28)17-10-8-15(9-11-17)23-13-18(26)24-16-6-4-14(5-7-16)19(20,21)22/h3-11,23H,1,12-13H2,2H3,(H,24,26). The van der Waals surface area contributed by atoms with Crippen molar-refractivity contribution in [2.75, 3.05) is 30.8 Å². The van der Waals surface area contributed by atoms with Crippen LogP contribution < -0.4 is 10.6 Å². The third-order valence-electron chi connectivity index (χ3n) is 3.90. The second kappa shape index (κ2) is 9.10. The highest BCUT2D eigenvalue weighted by atomic mass is 32.2. The normalized spacial score (nSPS) is 11.9. The van der Waals surface area contributed by atoms with Gasteiger partial charge in [-0.25, -0.2) is 8.42 Å². The summed E-state index contributed by atoms with van der Waals surface area (Å²) in [7, 11) is -2.19. The van der Waals surface area contributed by atoms with Gasteiger partial charge in [0.25, 0.3) is 0 Å². The number of rotatable bonds is 8. The minimum Gasteiger partial charge on any atom is -0.376 e. The van der Waals surface area contributed by atoms with Gasteiger partial charge in [0.15, 0.2) is 0 Å². The van der Waals surface area contributed by atoms with Crippen LogP contribution in [0.4, 0.5) is 24.5 Å². The molecule has 2 aromatic carbocycles. The van der Waals surface area contributed by atoms with Gasteiger partial charge in [-0.2, -0.15) is 17.5 Å². The van der Waals surface area contributed by atoms with Gasteiger partial charge < -0.3 is 10.6 Å². The van der Waals surface area contributed by atoms with Crippen molar-refractivity contribution in [1.82, 2.24) is 4.31 Å². The summed E-state index contributed by atoms with van der Waals surface area (Å²) >= 11 is 0. The number of alkyl halides is 3. The van der Waals surface area contributed by atoms with Crippen LogP contribution in [-0.4, -0.2) is 38.8 Å². The molecule has 156 valence electrons. The summed E-state index contributed by atoms with van der Waals surface area (Å²) in [5, 5.41) is 5.29. The van der Waals surface area contributed by atoms with Crippen LogP contribution in [-0.2, 0) is 21.0 Å². The number of nitrogens with zero attached hydrogens (tertiary/aromatic N) is 1. The lowest BCUT2D eigenvalue weighted by Gasteiger charge is -2.15. The molecule has 0 aliphatic carbocycles. The van der Waals surface area contributed by atoms with E-state index in [9.17, 15) is 26.4 Å². The fraction of sp³-hybridized carbons (Fsp3) is 0.211. The molecule has 0 radical (unpaired) electrons. The number of carbonyl (C=O) groups excluding carboxylic acids is 1. The van der Waals surface area contributed by atoms with Gasteiger partial charge in [0, 0.05) is 25.0 Å². The molecule has 0 heterocycles. The quantitative estimate of drug-likeness (QED) is 0.632. The summed E-state index contributed by atoms with van der Waals surface area (Å²) < 4.78 is 63.4. The van der Waals surface area contributed by atoms with Crippen molar-refractivity contribution in [3.8, 4) is 0 Å². The fourth-order valence-corrected chi connectivity index (χ4v) is 3.48. The van der Waals surface area contributed by atoms with E-state index >= 15 is 0 Å². The average molecular weight is 427 g/mol. The minimum absolute atomic E-state index is 0.0987. The molecule has 0 bridgehead atoms. The molecule has 0 aliphatic heterocycles. The molecule has 0 fully saturated rings. The summed E-state index contributed by atoms with van der Waals surface area (Å²) in [6, 6.07) is 9.94. The SMILES string of the molecule is C=CCN(C)S(=O)(=O)c1ccc(NCC(=O)Nc2ccc(C(F)(F)F)cc2)cc1. The third-order valence-corrected chi connectivity index (χ3v) is 5.74. The first kappa shape index (κ1) is 22.4. The van der Waals surface area contributed by atoms with Crippen molar-refractivity contribution in [3.63, 3.8) is 0 Å². The van der Waals surface area contributed by atoms with E-state index in [2.05, 4.69) is 17.2 Å². The summed E-state index contributed by atoms with van der Waals surface area (Å²) in [5.41, 5.74) is -0.0585. The highest BCUT2D eigenvalue weighted by Crippen LogP contribution is 2.29. The van der Waals surface area contributed by atoms with Gasteiger partial charge in [0.1, 0.15) is 0 Å². The zero-order valence-electron chi connectivity index (χ0n) is 15.5. The first-order chi connectivity index (χ1) is 13.5. The van der Waals surface area contributed by atoms with Crippen molar-refractivity contribution in [3.05, 3.63) is 66.7 Å². The second-order valence-electron chi connectivity index (χ2n) is 6.08. The predicted octanol–water partition coefficient (Wildman–Crippen LogP) is 3.56. The van der Waals surface area contributed by atoms with Crippen LogP contribution in [0.5, 0.6) is 0 Å². The van der Waals surface area contributed by atoms with Crippen LogP contribution >= 0.6 is 0 Å². The Balaban J connectivity index is 1.93. The van der Waals surface area contributed by atoms with Crippen molar-refractivity contribution in [2.45, 2.75) is 11.1 Å². The molecule has 0 aromatic heterocycles. The molecule has 1 amide bonds. The van der Waals surface area contributed by atoms with E-state index < -0.39 is 27.7 Å². The Morgan fingerprint density at radius 3 is 2.14 bits per heavy atom. The Kier molecular flexibility index (Phi) is 7.04. The molecule has 29 heavy (non-hydrogen) atoms. The smallest absolute Gasteiger partial charge is 0.376 e. The summed E-state index contributed by atoms with van der Waals surface area (Å²) in [5.74, 6) is -0.466. The van der Waals surface area contributed by atoms with Gasteiger partial charge in [-0.15, -0.1) is 6.58 Å². The van der Waals surface area contributed by atoms with E-state index in [1.54, 1.807) is 0 Å². The third kappa shape index (κ3) is 6.06. The maximum atomic E-state index is 12.5. The van der Waals surface area contributed by atoms with Crippen molar-refractivity contribution in [2.24, 2.45) is 0 Å². The topological polar surface area (TPSA) is 78.5 Å². The molecular formula is C19H20F3N3O3S. The molecule has 0 spiro atoms. The Bertz CT molecular complexity index is 957. The summed E-state index contributed by atoms with van der Waals surface area (Å²) in [4.78, 5) is 12.0. The molecule has 2 rings (SSSR count). The fourth-order valence-electron chi connectivity index (χ4n) is 2.33. The molecule has 10 heteroatoms. The van der Waals surface area contributed by atoms with E-state index in [0.29, 0.717) is 5.69 Å². The molecule has 2 aromatic rings. The van der Waals surface area contributed by atoms with E-state index in [1.807, 2.05) is 0 Å². The Hall–Kier alpha value is -2.85. The second-order valence-corrected chi connectivity index (χ2v) is 8.12. The number of carbonyl (C=O) groups is 1. The van der Waals surface area contributed by atoms with E-state index in [0.717, 1.165) is 16.4 Å². The van der Waals surface area contributed by atoms with Gasteiger partial charge in [-0.05, 0) is 48.5 Å². The molecular weight excluding hydrogens is 407 g/mol. The molecule has 0 aliphatic rings.